The number of hydrogen-bond donors (Lipinski definition) is 2. The lowest BCUT2D eigenvalue weighted by Crippen LogP contribution is -2.44. The Morgan fingerprint density at radius 1 is 0.966 bits per heavy atom. The summed E-state index contributed by atoms with van der Waals surface area (Å²) < 4.78 is 4.86. The van der Waals surface area contributed by atoms with Gasteiger partial charge in [0.15, 0.2) is 0 Å². The number of para-hydroxylation sites is 2. The molecule has 3 rings (SSSR count). The molecule has 0 fully saturated rings. The molecule has 29 heavy (non-hydrogen) atoms. The molecule has 2 atom stereocenters. The summed E-state index contributed by atoms with van der Waals surface area (Å²) in [5, 5.41) is 29.1. The van der Waals surface area contributed by atoms with E-state index in [0.29, 0.717) is 11.3 Å². The predicted octanol–water partition coefficient (Wildman–Crippen LogP) is 2.88. The van der Waals surface area contributed by atoms with Crippen molar-refractivity contribution in [3.8, 4) is 0 Å². The molecule has 0 saturated heterocycles. The van der Waals surface area contributed by atoms with Crippen molar-refractivity contribution in [1.29, 1.82) is 0 Å². The highest BCUT2D eigenvalue weighted by Crippen LogP contribution is 2.37. The Labute approximate surface area is 165 Å². The summed E-state index contributed by atoms with van der Waals surface area (Å²) in [4.78, 5) is 34.3. The van der Waals surface area contributed by atoms with E-state index in [9.17, 15) is 25.0 Å². The number of esters is 1. The molecule has 0 aliphatic carbocycles. The standard InChI is InChI=1S/C19H18N4O6/c1-11-16(19(24)29-2)17(12-7-3-5-9-14(12)22(25)26)21-18(20-11)13-8-4-6-10-15(13)23(27)28/h3-10,17-18,20-21H,1-2H3/t17-,18?/m1/s1. The second kappa shape index (κ2) is 8.07. The van der Waals surface area contributed by atoms with Gasteiger partial charge in [-0.3, -0.25) is 25.5 Å². The van der Waals surface area contributed by atoms with Gasteiger partial charge in [0.25, 0.3) is 11.4 Å². The fourth-order valence-electron chi connectivity index (χ4n) is 3.39. The Morgan fingerprint density at radius 2 is 1.48 bits per heavy atom. The fourth-order valence-corrected chi connectivity index (χ4v) is 3.39. The van der Waals surface area contributed by atoms with Crippen LogP contribution in [0.15, 0.2) is 59.8 Å². The van der Waals surface area contributed by atoms with Crippen LogP contribution < -0.4 is 10.6 Å². The summed E-state index contributed by atoms with van der Waals surface area (Å²) >= 11 is 0. The maximum atomic E-state index is 12.4. The van der Waals surface area contributed by atoms with Gasteiger partial charge in [0, 0.05) is 17.8 Å². The molecule has 2 aromatic rings. The smallest absolute Gasteiger partial charge is 0.337 e. The van der Waals surface area contributed by atoms with Crippen molar-refractivity contribution in [2.75, 3.05) is 7.11 Å². The number of rotatable bonds is 5. The molecule has 0 aromatic heterocycles. The van der Waals surface area contributed by atoms with Gasteiger partial charge in [0.1, 0.15) is 6.17 Å². The number of methoxy groups -OCH3 is 1. The van der Waals surface area contributed by atoms with Crippen LogP contribution in [0.3, 0.4) is 0 Å². The monoisotopic (exact) mass is 398 g/mol. The van der Waals surface area contributed by atoms with E-state index in [4.69, 9.17) is 4.74 Å². The van der Waals surface area contributed by atoms with E-state index < -0.39 is 28.0 Å². The van der Waals surface area contributed by atoms with Crippen LogP contribution in [-0.2, 0) is 9.53 Å². The first-order valence-corrected chi connectivity index (χ1v) is 8.63. The first-order valence-electron chi connectivity index (χ1n) is 8.63. The maximum absolute atomic E-state index is 12.4. The van der Waals surface area contributed by atoms with Gasteiger partial charge in [0.2, 0.25) is 0 Å². The van der Waals surface area contributed by atoms with Crippen molar-refractivity contribution in [2.24, 2.45) is 0 Å². The molecular weight excluding hydrogens is 380 g/mol. The van der Waals surface area contributed by atoms with Crippen LogP contribution >= 0.6 is 0 Å². The van der Waals surface area contributed by atoms with Gasteiger partial charge in [-0.15, -0.1) is 0 Å². The summed E-state index contributed by atoms with van der Waals surface area (Å²) in [6, 6.07) is 11.3. The minimum Gasteiger partial charge on any atom is -0.466 e. The minimum absolute atomic E-state index is 0.117. The van der Waals surface area contributed by atoms with E-state index in [1.165, 1.54) is 31.4 Å². The summed E-state index contributed by atoms with van der Waals surface area (Å²) in [7, 11) is 1.22. The minimum atomic E-state index is -0.907. The van der Waals surface area contributed by atoms with Gasteiger partial charge in [-0.2, -0.15) is 0 Å². The predicted molar refractivity (Wildman–Crippen MR) is 103 cm³/mol. The number of ether oxygens (including phenoxy) is 1. The number of hydrogen-bond acceptors (Lipinski definition) is 8. The molecular formula is C19H18N4O6. The first kappa shape index (κ1) is 20.0. The molecule has 150 valence electrons. The molecule has 1 unspecified atom stereocenters. The molecule has 0 spiro atoms. The molecule has 10 nitrogen and oxygen atoms in total. The van der Waals surface area contributed by atoms with Crippen molar-refractivity contribution in [3.63, 3.8) is 0 Å². The number of carbonyl (C=O) groups is 1. The zero-order valence-electron chi connectivity index (χ0n) is 15.6. The zero-order chi connectivity index (χ0) is 21.1. The van der Waals surface area contributed by atoms with E-state index in [0.717, 1.165) is 0 Å². The zero-order valence-corrected chi connectivity index (χ0v) is 15.6. The number of benzene rings is 2. The molecule has 0 bridgehead atoms. The van der Waals surface area contributed by atoms with Gasteiger partial charge in [-0.05, 0) is 13.0 Å². The molecule has 0 radical (unpaired) electrons. The van der Waals surface area contributed by atoms with Crippen molar-refractivity contribution in [3.05, 3.63) is 91.2 Å². The molecule has 0 amide bonds. The SMILES string of the molecule is COC(=O)C1=C(C)NC(c2ccccc2[N+](=O)[O-])N[C@@H]1c1ccccc1[N+](=O)[O-]. The summed E-state index contributed by atoms with van der Waals surface area (Å²) in [5.41, 5.74) is 0.862. The Hall–Kier alpha value is -3.79. The average molecular weight is 398 g/mol. The van der Waals surface area contributed by atoms with Crippen LogP contribution in [0.5, 0.6) is 0 Å². The van der Waals surface area contributed by atoms with Crippen LogP contribution in [0, 0.1) is 20.2 Å². The van der Waals surface area contributed by atoms with Gasteiger partial charge in [0.05, 0.1) is 39.7 Å². The lowest BCUT2D eigenvalue weighted by Gasteiger charge is -2.34. The van der Waals surface area contributed by atoms with Gasteiger partial charge < -0.3 is 10.1 Å². The van der Waals surface area contributed by atoms with E-state index in [1.807, 2.05) is 0 Å². The number of nitro benzene ring substituents is 2. The molecule has 2 N–H and O–H groups in total. The second-order valence-electron chi connectivity index (χ2n) is 6.34. The Bertz CT molecular complexity index is 1020. The Balaban J connectivity index is 2.16. The average Bonchev–Trinajstić information content (AvgIpc) is 2.72. The van der Waals surface area contributed by atoms with Crippen LogP contribution in [-0.4, -0.2) is 22.9 Å². The lowest BCUT2D eigenvalue weighted by atomic mass is 9.92. The number of nitrogens with one attached hydrogen (secondary N) is 2. The molecule has 10 heteroatoms. The highest BCUT2D eigenvalue weighted by Gasteiger charge is 2.37. The number of allylic oxidation sites excluding steroid dienone is 1. The van der Waals surface area contributed by atoms with Crippen molar-refractivity contribution >= 4 is 17.3 Å². The third-order valence-corrected chi connectivity index (χ3v) is 4.68. The second-order valence-corrected chi connectivity index (χ2v) is 6.34. The van der Waals surface area contributed by atoms with E-state index >= 15 is 0 Å². The summed E-state index contributed by atoms with van der Waals surface area (Å²) in [6.45, 7) is 1.62. The number of nitrogens with zero attached hydrogens (tertiary/aromatic N) is 2. The Morgan fingerprint density at radius 3 is 2.03 bits per heavy atom. The summed E-state index contributed by atoms with van der Waals surface area (Å²) in [6.07, 6.45) is -0.755. The molecule has 1 heterocycles. The van der Waals surface area contributed by atoms with Crippen LogP contribution in [0.1, 0.15) is 30.3 Å². The quantitative estimate of drug-likeness (QED) is 0.446. The van der Waals surface area contributed by atoms with E-state index in [-0.39, 0.29) is 22.5 Å². The number of carbonyl (C=O) groups excluding carboxylic acids is 1. The van der Waals surface area contributed by atoms with Crippen molar-refractivity contribution in [2.45, 2.75) is 19.1 Å². The molecule has 1 aliphatic rings. The first-order chi connectivity index (χ1) is 13.8. The third kappa shape index (κ3) is 3.78. The molecule has 1 aliphatic heterocycles. The Kier molecular flexibility index (Phi) is 5.55. The van der Waals surface area contributed by atoms with Crippen LogP contribution in [0.25, 0.3) is 0 Å². The topological polar surface area (TPSA) is 137 Å². The highest BCUT2D eigenvalue weighted by molar-refractivity contribution is 5.91. The highest BCUT2D eigenvalue weighted by atomic mass is 16.6. The summed E-state index contributed by atoms with van der Waals surface area (Å²) in [5.74, 6) is -0.660. The third-order valence-electron chi connectivity index (χ3n) is 4.68. The van der Waals surface area contributed by atoms with E-state index in [2.05, 4.69) is 10.6 Å². The van der Waals surface area contributed by atoms with Crippen molar-refractivity contribution in [1.82, 2.24) is 10.6 Å². The fraction of sp³-hybridized carbons (Fsp3) is 0.211. The lowest BCUT2D eigenvalue weighted by molar-refractivity contribution is -0.386. The normalized spacial score (nSPS) is 18.7. The van der Waals surface area contributed by atoms with Gasteiger partial charge >= 0.3 is 5.97 Å². The van der Waals surface area contributed by atoms with Crippen LogP contribution in [0.4, 0.5) is 11.4 Å². The largest absolute Gasteiger partial charge is 0.466 e. The van der Waals surface area contributed by atoms with Crippen molar-refractivity contribution < 1.29 is 19.4 Å². The maximum Gasteiger partial charge on any atom is 0.337 e. The van der Waals surface area contributed by atoms with Crippen LogP contribution in [0.2, 0.25) is 0 Å². The number of nitro groups is 2. The molecule has 2 aromatic carbocycles. The molecule has 0 saturated carbocycles. The van der Waals surface area contributed by atoms with Gasteiger partial charge in [-0.1, -0.05) is 30.3 Å². The van der Waals surface area contributed by atoms with E-state index in [1.54, 1.807) is 31.2 Å². The van der Waals surface area contributed by atoms with Gasteiger partial charge in [-0.25, -0.2) is 4.79 Å².